The lowest BCUT2D eigenvalue weighted by atomic mass is 10.1. The molecule has 0 aromatic carbocycles. The van der Waals surface area contributed by atoms with E-state index >= 15 is 0 Å². The third-order valence-electron chi connectivity index (χ3n) is 2.17. The van der Waals surface area contributed by atoms with E-state index in [0.717, 1.165) is 22.2 Å². The van der Waals surface area contributed by atoms with E-state index in [2.05, 4.69) is 15.0 Å². The number of fused-ring (bicyclic) bond motifs is 1. The van der Waals surface area contributed by atoms with Crippen molar-refractivity contribution in [1.29, 1.82) is 0 Å². The van der Waals surface area contributed by atoms with Crippen LogP contribution < -0.4 is 5.73 Å². The molecule has 0 radical (unpaired) electrons. The van der Waals surface area contributed by atoms with Crippen molar-refractivity contribution in [3.05, 3.63) is 23.8 Å². The van der Waals surface area contributed by atoms with Crippen molar-refractivity contribution in [3.63, 3.8) is 0 Å². The molecule has 13 heavy (non-hydrogen) atoms. The molecule has 4 heteroatoms. The smallest absolute Gasteiger partial charge is 0.134 e. The van der Waals surface area contributed by atoms with Gasteiger partial charge in [0.2, 0.25) is 0 Å². The van der Waals surface area contributed by atoms with Crippen LogP contribution in [-0.4, -0.2) is 15.0 Å². The number of aromatic nitrogens is 3. The van der Waals surface area contributed by atoms with Crippen LogP contribution in [0.4, 0.5) is 5.82 Å². The fourth-order valence-corrected chi connectivity index (χ4v) is 1.31. The number of aryl methyl sites for hydroxylation is 2. The summed E-state index contributed by atoms with van der Waals surface area (Å²) in [5, 5.41) is 0.825. The fraction of sp³-hybridized carbons (Fsp3) is 0.222. The number of rotatable bonds is 0. The normalized spacial score (nSPS) is 10.6. The average molecular weight is 174 g/mol. The Hall–Kier alpha value is -1.71. The molecule has 2 heterocycles. The zero-order valence-corrected chi connectivity index (χ0v) is 7.57. The van der Waals surface area contributed by atoms with E-state index in [1.165, 1.54) is 6.33 Å². The molecule has 0 fully saturated rings. The Morgan fingerprint density at radius 3 is 2.85 bits per heavy atom. The highest BCUT2D eigenvalue weighted by Gasteiger charge is 2.06. The van der Waals surface area contributed by atoms with Gasteiger partial charge in [0.1, 0.15) is 12.1 Å². The molecular weight excluding hydrogens is 164 g/mol. The van der Waals surface area contributed by atoms with Gasteiger partial charge in [-0.3, -0.25) is 0 Å². The number of anilines is 1. The maximum Gasteiger partial charge on any atom is 0.134 e. The van der Waals surface area contributed by atoms with Crippen LogP contribution in [0, 0.1) is 13.8 Å². The standard InChI is InChI=1S/C9H10N4/c1-5-6(2)13-9(10)7-3-11-4-12-8(5)7/h3-4H,1-2H3,(H2,10,13). The van der Waals surface area contributed by atoms with Crippen LogP contribution in [-0.2, 0) is 0 Å². The van der Waals surface area contributed by atoms with Gasteiger partial charge in [-0.05, 0) is 19.4 Å². The zero-order valence-electron chi connectivity index (χ0n) is 7.57. The summed E-state index contributed by atoms with van der Waals surface area (Å²) in [5.41, 5.74) is 8.61. The van der Waals surface area contributed by atoms with E-state index in [9.17, 15) is 0 Å². The van der Waals surface area contributed by atoms with Crippen molar-refractivity contribution in [2.24, 2.45) is 0 Å². The van der Waals surface area contributed by atoms with Gasteiger partial charge in [0.05, 0.1) is 10.9 Å². The van der Waals surface area contributed by atoms with Gasteiger partial charge in [0.15, 0.2) is 0 Å². The predicted molar refractivity (Wildman–Crippen MR) is 51.2 cm³/mol. The van der Waals surface area contributed by atoms with E-state index in [0.29, 0.717) is 5.82 Å². The molecule has 2 rings (SSSR count). The van der Waals surface area contributed by atoms with Crippen molar-refractivity contribution in [2.75, 3.05) is 5.73 Å². The van der Waals surface area contributed by atoms with Crippen LogP contribution in [0.5, 0.6) is 0 Å². The fourth-order valence-electron chi connectivity index (χ4n) is 1.31. The zero-order chi connectivity index (χ0) is 9.42. The van der Waals surface area contributed by atoms with Crippen LogP contribution >= 0.6 is 0 Å². The summed E-state index contributed by atoms with van der Waals surface area (Å²) >= 11 is 0. The highest BCUT2D eigenvalue weighted by molar-refractivity contribution is 5.89. The molecule has 2 N–H and O–H groups in total. The molecule has 0 unspecified atom stereocenters. The average Bonchev–Trinajstić information content (AvgIpc) is 2.15. The monoisotopic (exact) mass is 174 g/mol. The molecule has 0 saturated heterocycles. The lowest BCUT2D eigenvalue weighted by Gasteiger charge is -2.05. The van der Waals surface area contributed by atoms with E-state index in [1.807, 2.05) is 13.8 Å². The topological polar surface area (TPSA) is 64.7 Å². The summed E-state index contributed by atoms with van der Waals surface area (Å²) in [4.78, 5) is 12.3. The van der Waals surface area contributed by atoms with Crippen molar-refractivity contribution in [2.45, 2.75) is 13.8 Å². The maximum atomic E-state index is 5.73. The number of nitrogen functional groups attached to an aromatic ring is 1. The minimum Gasteiger partial charge on any atom is -0.383 e. The third-order valence-corrected chi connectivity index (χ3v) is 2.17. The molecule has 0 amide bonds. The second-order valence-corrected chi connectivity index (χ2v) is 2.99. The number of pyridine rings is 1. The van der Waals surface area contributed by atoms with Crippen LogP contribution in [0.1, 0.15) is 11.3 Å². The van der Waals surface area contributed by atoms with Crippen LogP contribution in [0.3, 0.4) is 0 Å². The molecule has 2 aromatic rings. The van der Waals surface area contributed by atoms with Gasteiger partial charge < -0.3 is 5.73 Å². The number of hydrogen-bond acceptors (Lipinski definition) is 4. The van der Waals surface area contributed by atoms with Gasteiger partial charge in [-0.1, -0.05) is 0 Å². The summed E-state index contributed by atoms with van der Waals surface area (Å²) in [6.07, 6.45) is 3.21. The summed E-state index contributed by atoms with van der Waals surface area (Å²) in [7, 11) is 0. The van der Waals surface area contributed by atoms with E-state index in [4.69, 9.17) is 5.73 Å². The Morgan fingerprint density at radius 2 is 2.08 bits per heavy atom. The van der Waals surface area contributed by atoms with Crippen LogP contribution in [0.25, 0.3) is 10.9 Å². The summed E-state index contributed by atoms with van der Waals surface area (Å²) < 4.78 is 0. The first-order valence-corrected chi connectivity index (χ1v) is 4.02. The highest BCUT2D eigenvalue weighted by atomic mass is 14.9. The van der Waals surface area contributed by atoms with E-state index in [1.54, 1.807) is 6.20 Å². The van der Waals surface area contributed by atoms with Gasteiger partial charge >= 0.3 is 0 Å². The maximum absolute atomic E-state index is 5.73. The molecular formula is C9H10N4. The predicted octanol–water partition coefficient (Wildman–Crippen LogP) is 1.22. The van der Waals surface area contributed by atoms with Gasteiger partial charge in [-0.2, -0.15) is 0 Å². The Kier molecular flexibility index (Phi) is 1.62. The summed E-state index contributed by atoms with van der Waals surface area (Å²) in [5.74, 6) is 0.499. The van der Waals surface area contributed by atoms with Crippen LogP contribution in [0.2, 0.25) is 0 Å². The molecule has 0 saturated carbocycles. The first-order chi connectivity index (χ1) is 6.20. The molecule has 0 aliphatic rings. The van der Waals surface area contributed by atoms with E-state index in [-0.39, 0.29) is 0 Å². The van der Waals surface area contributed by atoms with Gasteiger partial charge in [0.25, 0.3) is 0 Å². The van der Waals surface area contributed by atoms with Crippen molar-refractivity contribution >= 4 is 16.7 Å². The van der Waals surface area contributed by atoms with Crippen molar-refractivity contribution in [3.8, 4) is 0 Å². The Bertz CT molecular complexity index is 464. The second-order valence-electron chi connectivity index (χ2n) is 2.99. The molecule has 0 bridgehead atoms. The third kappa shape index (κ3) is 1.11. The van der Waals surface area contributed by atoms with Crippen LogP contribution in [0.15, 0.2) is 12.5 Å². The molecule has 2 aromatic heterocycles. The van der Waals surface area contributed by atoms with Crippen molar-refractivity contribution < 1.29 is 0 Å². The van der Waals surface area contributed by atoms with Gasteiger partial charge in [0, 0.05) is 11.9 Å². The lowest BCUT2D eigenvalue weighted by molar-refractivity contribution is 1.14. The second kappa shape index (κ2) is 2.65. The minimum atomic E-state index is 0.499. The Balaban J connectivity index is 2.97. The highest BCUT2D eigenvalue weighted by Crippen LogP contribution is 2.20. The number of nitrogens with two attached hydrogens (primary N) is 1. The summed E-state index contributed by atoms with van der Waals surface area (Å²) in [6.45, 7) is 3.91. The minimum absolute atomic E-state index is 0.499. The van der Waals surface area contributed by atoms with Gasteiger partial charge in [-0.15, -0.1) is 0 Å². The Labute approximate surface area is 75.8 Å². The largest absolute Gasteiger partial charge is 0.383 e. The Morgan fingerprint density at radius 1 is 1.31 bits per heavy atom. The molecule has 0 atom stereocenters. The molecule has 66 valence electrons. The van der Waals surface area contributed by atoms with Crippen molar-refractivity contribution in [1.82, 2.24) is 15.0 Å². The molecule has 0 aliphatic carbocycles. The first kappa shape index (κ1) is 7.91. The molecule has 0 spiro atoms. The number of hydrogen-bond donors (Lipinski definition) is 1. The first-order valence-electron chi connectivity index (χ1n) is 4.02. The van der Waals surface area contributed by atoms with E-state index < -0.39 is 0 Å². The SMILES string of the molecule is Cc1nc(N)c2cncnc2c1C. The molecule has 4 nitrogen and oxygen atoms in total. The quantitative estimate of drug-likeness (QED) is 0.652. The number of nitrogens with zero attached hydrogens (tertiary/aromatic N) is 3. The summed E-state index contributed by atoms with van der Waals surface area (Å²) in [6, 6.07) is 0. The lowest BCUT2D eigenvalue weighted by Crippen LogP contribution is -1.98. The molecule has 0 aliphatic heterocycles. The van der Waals surface area contributed by atoms with Gasteiger partial charge in [-0.25, -0.2) is 15.0 Å².